The van der Waals surface area contributed by atoms with E-state index < -0.39 is 0 Å². The maximum absolute atomic E-state index is 12.7. The third-order valence-corrected chi connectivity index (χ3v) is 5.28. The smallest absolute Gasteiger partial charge is 0.275 e. The Kier molecular flexibility index (Phi) is 6.63. The highest BCUT2D eigenvalue weighted by Crippen LogP contribution is 2.24. The van der Waals surface area contributed by atoms with Crippen LogP contribution in [0.4, 0.5) is 0 Å². The fourth-order valence-electron chi connectivity index (χ4n) is 3.06. The largest absolute Gasteiger partial charge is 0.497 e. The molecule has 1 amide bonds. The first-order valence-corrected chi connectivity index (χ1v) is 9.85. The van der Waals surface area contributed by atoms with Crippen molar-refractivity contribution in [2.75, 3.05) is 20.7 Å². The zero-order valence-electron chi connectivity index (χ0n) is 15.6. The van der Waals surface area contributed by atoms with E-state index in [-0.39, 0.29) is 11.9 Å². The molecule has 0 aliphatic rings. The van der Waals surface area contributed by atoms with Gasteiger partial charge in [0.1, 0.15) is 12.3 Å². The number of hydrogen-bond acceptors (Lipinski definition) is 3. The molecule has 5 heteroatoms. The molecule has 0 bridgehead atoms. The molecule has 1 aromatic heterocycles. The summed E-state index contributed by atoms with van der Waals surface area (Å²) in [7, 11) is 3.70. The molecule has 0 fully saturated rings. The number of benzene rings is 2. The molecule has 3 aromatic rings. The summed E-state index contributed by atoms with van der Waals surface area (Å²) in [5.41, 5.74) is 2.10. The molecule has 0 saturated carbocycles. The normalized spacial score (nSPS) is 13.0. The molecule has 1 unspecified atom stereocenters. The highest BCUT2D eigenvalue weighted by molar-refractivity contribution is 7.09. The van der Waals surface area contributed by atoms with Crippen LogP contribution in [0.2, 0.25) is 0 Å². The lowest BCUT2D eigenvalue weighted by Gasteiger charge is -2.21. The maximum Gasteiger partial charge on any atom is 0.275 e. The lowest BCUT2D eigenvalue weighted by atomic mass is 9.98. The standard InChI is InChI=1S/C22H24N2O2S/c1-24(15-20-9-6-14-27-20)16-21(25)23-22(17-7-4-3-5-8-17)18-10-12-19(26-2)13-11-18/h3-14,22H,15-16H2,1-2H3,(H,23,25)/p+1/t22-/m1/s1. The van der Waals surface area contributed by atoms with Gasteiger partial charge >= 0.3 is 0 Å². The average Bonchev–Trinajstić information content (AvgIpc) is 3.19. The van der Waals surface area contributed by atoms with Gasteiger partial charge in [-0.25, -0.2) is 0 Å². The molecular formula is C22H25N2O2S+. The van der Waals surface area contributed by atoms with Gasteiger partial charge in [0.05, 0.1) is 25.1 Å². The molecule has 0 aliphatic carbocycles. The van der Waals surface area contributed by atoms with E-state index in [0.717, 1.165) is 28.3 Å². The third-order valence-electron chi connectivity index (χ3n) is 4.41. The van der Waals surface area contributed by atoms with E-state index in [4.69, 9.17) is 4.74 Å². The zero-order chi connectivity index (χ0) is 19.1. The summed E-state index contributed by atoms with van der Waals surface area (Å²) in [5, 5.41) is 5.27. The maximum atomic E-state index is 12.7. The predicted molar refractivity (Wildman–Crippen MR) is 109 cm³/mol. The Balaban J connectivity index is 1.71. The lowest BCUT2D eigenvalue weighted by Crippen LogP contribution is -3.08. The Morgan fingerprint density at radius 2 is 1.74 bits per heavy atom. The molecule has 2 aromatic carbocycles. The second-order valence-electron chi connectivity index (χ2n) is 6.57. The summed E-state index contributed by atoms with van der Waals surface area (Å²) >= 11 is 1.73. The highest BCUT2D eigenvalue weighted by atomic mass is 32.1. The van der Waals surface area contributed by atoms with Crippen molar-refractivity contribution in [2.24, 2.45) is 0 Å². The first-order chi connectivity index (χ1) is 13.2. The minimum Gasteiger partial charge on any atom is -0.497 e. The SMILES string of the molecule is COc1ccc([C@H](NC(=O)C[NH+](C)Cc2cccs2)c2ccccc2)cc1. The van der Waals surface area contributed by atoms with Gasteiger partial charge in [0, 0.05) is 0 Å². The summed E-state index contributed by atoms with van der Waals surface area (Å²) in [6, 6.07) is 21.9. The minimum absolute atomic E-state index is 0.0359. The number of likely N-dealkylation sites (N-methyl/N-ethyl adjacent to an activating group) is 1. The van der Waals surface area contributed by atoms with Crippen molar-refractivity contribution in [1.29, 1.82) is 0 Å². The molecule has 2 N–H and O–H groups in total. The van der Waals surface area contributed by atoms with E-state index in [9.17, 15) is 4.79 Å². The number of quaternary nitrogens is 1. The Labute approximate surface area is 164 Å². The minimum atomic E-state index is -0.181. The second-order valence-corrected chi connectivity index (χ2v) is 7.61. The van der Waals surface area contributed by atoms with Crippen LogP contribution < -0.4 is 15.0 Å². The van der Waals surface area contributed by atoms with Crippen LogP contribution in [-0.4, -0.2) is 26.6 Å². The Morgan fingerprint density at radius 3 is 2.37 bits per heavy atom. The third kappa shape index (κ3) is 5.42. The lowest BCUT2D eigenvalue weighted by molar-refractivity contribution is -0.885. The number of methoxy groups -OCH3 is 1. The number of amides is 1. The molecule has 1 heterocycles. The summed E-state index contributed by atoms with van der Waals surface area (Å²) in [6.45, 7) is 1.28. The van der Waals surface area contributed by atoms with Crippen molar-refractivity contribution in [1.82, 2.24) is 5.32 Å². The topological polar surface area (TPSA) is 42.8 Å². The van der Waals surface area contributed by atoms with Crippen molar-refractivity contribution in [3.8, 4) is 5.75 Å². The van der Waals surface area contributed by atoms with Crippen LogP contribution in [0.1, 0.15) is 22.0 Å². The molecular weight excluding hydrogens is 356 g/mol. The van der Waals surface area contributed by atoms with E-state index in [1.807, 2.05) is 67.7 Å². The predicted octanol–water partition coefficient (Wildman–Crippen LogP) is 2.68. The van der Waals surface area contributed by atoms with Crippen molar-refractivity contribution in [3.63, 3.8) is 0 Å². The highest BCUT2D eigenvalue weighted by Gasteiger charge is 2.19. The molecule has 0 saturated heterocycles. The zero-order valence-corrected chi connectivity index (χ0v) is 16.5. The van der Waals surface area contributed by atoms with Crippen LogP contribution in [0, 0.1) is 0 Å². The van der Waals surface area contributed by atoms with E-state index in [2.05, 4.69) is 16.8 Å². The van der Waals surface area contributed by atoms with Gasteiger partial charge in [-0.15, -0.1) is 11.3 Å². The Morgan fingerprint density at radius 1 is 1.04 bits per heavy atom. The molecule has 4 nitrogen and oxygen atoms in total. The quantitative estimate of drug-likeness (QED) is 0.630. The first kappa shape index (κ1) is 19.1. The van der Waals surface area contributed by atoms with Gasteiger partial charge in [-0.05, 0) is 34.7 Å². The summed E-state index contributed by atoms with van der Waals surface area (Å²) < 4.78 is 5.25. The van der Waals surface area contributed by atoms with Gasteiger partial charge in [0.15, 0.2) is 6.54 Å². The molecule has 0 spiro atoms. The number of nitrogens with one attached hydrogen (secondary N) is 2. The van der Waals surface area contributed by atoms with Crippen LogP contribution in [0.3, 0.4) is 0 Å². The number of carbonyl (C=O) groups excluding carboxylic acids is 1. The molecule has 2 atom stereocenters. The number of hydrogen-bond donors (Lipinski definition) is 2. The number of thiophene rings is 1. The van der Waals surface area contributed by atoms with E-state index in [0.29, 0.717) is 6.54 Å². The van der Waals surface area contributed by atoms with Crippen LogP contribution >= 0.6 is 11.3 Å². The average molecular weight is 382 g/mol. The van der Waals surface area contributed by atoms with Crippen LogP contribution in [0.25, 0.3) is 0 Å². The van der Waals surface area contributed by atoms with E-state index >= 15 is 0 Å². The molecule has 0 aliphatic heterocycles. The Hall–Kier alpha value is -2.63. The van der Waals surface area contributed by atoms with Gasteiger partial charge in [-0.1, -0.05) is 48.5 Å². The van der Waals surface area contributed by atoms with Crippen LogP contribution in [0.5, 0.6) is 5.75 Å². The first-order valence-electron chi connectivity index (χ1n) is 8.97. The van der Waals surface area contributed by atoms with Gasteiger partial charge in [0.2, 0.25) is 0 Å². The van der Waals surface area contributed by atoms with Crippen molar-refractivity contribution in [3.05, 3.63) is 88.1 Å². The monoisotopic (exact) mass is 381 g/mol. The summed E-state index contributed by atoms with van der Waals surface area (Å²) in [5.74, 6) is 0.839. The summed E-state index contributed by atoms with van der Waals surface area (Å²) in [4.78, 5) is 15.2. The number of carbonyl (C=O) groups is 1. The van der Waals surface area contributed by atoms with Gasteiger partial charge in [0.25, 0.3) is 5.91 Å². The molecule has 140 valence electrons. The molecule has 3 rings (SSSR count). The molecule has 27 heavy (non-hydrogen) atoms. The number of rotatable bonds is 8. The number of ether oxygens (including phenoxy) is 1. The van der Waals surface area contributed by atoms with Crippen molar-refractivity contribution < 1.29 is 14.4 Å². The van der Waals surface area contributed by atoms with Crippen molar-refractivity contribution >= 4 is 17.2 Å². The van der Waals surface area contributed by atoms with Gasteiger partial charge < -0.3 is 15.0 Å². The fourth-order valence-corrected chi connectivity index (χ4v) is 3.88. The van der Waals surface area contributed by atoms with E-state index in [1.165, 1.54) is 4.88 Å². The van der Waals surface area contributed by atoms with Crippen LogP contribution in [0.15, 0.2) is 72.1 Å². The fraction of sp³-hybridized carbons (Fsp3) is 0.227. The Bertz CT molecular complexity index is 833. The summed E-state index contributed by atoms with van der Waals surface area (Å²) in [6.07, 6.45) is 0. The second kappa shape index (κ2) is 9.35. The van der Waals surface area contributed by atoms with E-state index in [1.54, 1.807) is 18.4 Å². The van der Waals surface area contributed by atoms with Gasteiger partial charge in [-0.2, -0.15) is 0 Å². The van der Waals surface area contributed by atoms with Crippen molar-refractivity contribution in [2.45, 2.75) is 12.6 Å². The molecule has 0 radical (unpaired) electrons. The van der Waals surface area contributed by atoms with Crippen LogP contribution in [-0.2, 0) is 11.3 Å². The van der Waals surface area contributed by atoms with Gasteiger partial charge in [-0.3, -0.25) is 4.79 Å².